The molecule has 1 aromatic heterocycles. The minimum Gasteiger partial charge on any atom is -0.403 e. The fourth-order valence-corrected chi connectivity index (χ4v) is 0.953. The number of carbonyl (C=O) groups excluding carboxylic acids is 1. The van der Waals surface area contributed by atoms with E-state index in [1.54, 1.807) is 0 Å². The van der Waals surface area contributed by atoms with Crippen LogP contribution in [0.4, 0.5) is 18.9 Å². The van der Waals surface area contributed by atoms with E-state index in [9.17, 15) is 18.0 Å². The Morgan fingerprint density at radius 3 is 2.62 bits per heavy atom. The number of carbonyl (C=O) groups is 1. The van der Waals surface area contributed by atoms with E-state index in [4.69, 9.17) is 11.0 Å². The van der Waals surface area contributed by atoms with Crippen molar-refractivity contribution in [1.82, 2.24) is 4.98 Å². The van der Waals surface area contributed by atoms with Gasteiger partial charge in [0.15, 0.2) is 17.7 Å². The molecule has 0 aromatic carbocycles. The molecule has 0 atom stereocenters. The van der Waals surface area contributed by atoms with Crippen LogP contribution in [0.2, 0.25) is 0 Å². The Kier molecular flexibility index (Phi) is 2.99. The van der Waals surface area contributed by atoms with Crippen molar-refractivity contribution in [2.45, 2.75) is 6.36 Å². The first-order valence-electron chi connectivity index (χ1n) is 3.78. The molecule has 1 heterocycles. The number of aldehydes is 1. The first kappa shape index (κ1) is 11.8. The van der Waals surface area contributed by atoms with Gasteiger partial charge in [0.05, 0.1) is 17.4 Å². The minimum absolute atomic E-state index is 0.0307. The molecule has 0 aliphatic rings. The number of nitrogen functional groups attached to an aromatic ring is 1. The third-order valence-electron chi connectivity index (χ3n) is 1.54. The largest absolute Gasteiger partial charge is 0.573 e. The Morgan fingerprint density at radius 2 is 2.19 bits per heavy atom. The maximum atomic E-state index is 12.0. The Hall–Kier alpha value is -2.30. The van der Waals surface area contributed by atoms with Gasteiger partial charge in [-0.25, -0.2) is 4.98 Å². The van der Waals surface area contributed by atoms with Crippen LogP contribution < -0.4 is 10.5 Å². The van der Waals surface area contributed by atoms with Crippen LogP contribution in [0.5, 0.6) is 5.75 Å². The number of nitrogens with two attached hydrogens (primary N) is 1. The summed E-state index contributed by atoms with van der Waals surface area (Å²) in [5.41, 5.74) is 3.59. The van der Waals surface area contributed by atoms with E-state index in [2.05, 4.69) is 9.72 Å². The van der Waals surface area contributed by atoms with Crippen molar-refractivity contribution in [1.29, 1.82) is 5.26 Å². The third-order valence-corrected chi connectivity index (χ3v) is 1.54. The molecule has 16 heavy (non-hydrogen) atoms. The monoisotopic (exact) mass is 231 g/mol. The number of alkyl halides is 3. The smallest absolute Gasteiger partial charge is 0.403 e. The van der Waals surface area contributed by atoms with Crippen LogP contribution in [-0.4, -0.2) is 17.6 Å². The molecular weight excluding hydrogens is 227 g/mol. The second-order valence-corrected chi connectivity index (χ2v) is 2.58. The number of hydrogen-bond donors (Lipinski definition) is 1. The van der Waals surface area contributed by atoms with Gasteiger partial charge in [0.1, 0.15) is 6.07 Å². The van der Waals surface area contributed by atoms with Crippen molar-refractivity contribution >= 4 is 12.0 Å². The molecule has 84 valence electrons. The summed E-state index contributed by atoms with van der Waals surface area (Å²) in [5.74, 6) is -0.908. The maximum Gasteiger partial charge on any atom is 0.573 e. The van der Waals surface area contributed by atoms with Gasteiger partial charge in [-0.2, -0.15) is 5.26 Å². The molecule has 0 aliphatic heterocycles. The third kappa shape index (κ3) is 2.38. The number of pyridine rings is 1. The van der Waals surface area contributed by atoms with E-state index in [1.807, 2.05) is 0 Å². The lowest BCUT2D eigenvalue weighted by molar-refractivity contribution is -0.274. The Morgan fingerprint density at radius 1 is 1.56 bits per heavy atom. The highest BCUT2D eigenvalue weighted by Crippen LogP contribution is 2.31. The van der Waals surface area contributed by atoms with Gasteiger partial charge in [-0.1, -0.05) is 0 Å². The van der Waals surface area contributed by atoms with E-state index < -0.39 is 29.1 Å². The maximum absolute atomic E-state index is 12.0. The zero-order valence-electron chi connectivity index (χ0n) is 7.58. The lowest BCUT2D eigenvalue weighted by Gasteiger charge is -2.12. The van der Waals surface area contributed by atoms with Crippen LogP contribution in [0.15, 0.2) is 6.20 Å². The fourth-order valence-electron chi connectivity index (χ4n) is 0.953. The first-order valence-corrected chi connectivity index (χ1v) is 3.78. The number of anilines is 1. The molecule has 0 fully saturated rings. The summed E-state index contributed by atoms with van der Waals surface area (Å²) in [6, 6.07) is 1.45. The van der Waals surface area contributed by atoms with Gasteiger partial charge >= 0.3 is 6.36 Å². The topological polar surface area (TPSA) is 89.0 Å². The minimum atomic E-state index is -5.00. The predicted octanol–water partition coefficient (Wildman–Crippen LogP) is 1.25. The van der Waals surface area contributed by atoms with Gasteiger partial charge < -0.3 is 10.5 Å². The molecule has 1 aromatic rings. The molecule has 1 rings (SSSR count). The number of halogens is 3. The lowest BCUT2D eigenvalue weighted by atomic mass is 10.2. The van der Waals surface area contributed by atoms with Gasteiger partial charge in [-0.05, 0) is 0 Å². The molecule has 0 spiro atoms. The van der Waals surface area contributed by atoms with Crippen LogP contribution >= 0.6 is 0 Å². The average molecular weight is 231 g/mol. The second-order valence-electron chi connectivity index (χ2n) is 2.58. The van der Waals surface area contributed by atoms with E-state index in [1.165, 1.54) is 6.07 Å². The SMILES string of the molecule is N#Cc1ncc(N)c(OC(F)(F)F)c1C=O. The summed E-state index contributed by atoms with van der Waals surface area (Å²) < 4.78 is 39.5. The Balaban J connectivity index is 3.36. The van der Waals surface area contributed by atoms with E-state index in [-0.39, 0.29) is 6.29 Å². The molecular formula is C8H4F3N3O2. The van der Waals surface area contributed by atoms with Crippen molar-refractivity contribution < 1.29 is 22.7 Å². The molecule has 0 saturated heterocycles. The summed E-state index contributed by atoms with van der Waals surface area (Å²) in [7, 11) is 0. The van der Waals surface area contributed by atoms with Crippen LogP contribution in [0.25, 0.3) is 0 Å². The highest BCUT2D eigenvalue weighted by Gasteiger charge is 2.34. The Bertz CT molecular complexity index is 465. The molecule has 0 amide bonds. The molecule has 0 bridgehead atoms. The molecule has 0 radical (unpaired) electrons. The van der Waals surface area contributed by atoms with Gasteiger partial charge in [0.2, 0.25) is 0 Å². The van der Waals surface area contributed by atoms with Gasteiger partial charge in [0.25, 0.3) is 0 Å². The van der Waals surface area contributed by atoms with Crippen molar-refractivity contribution in [3.8, 4) is 11.8 Å². The first-order chi connectivity index (χ1) is 7.39. The van der Waals surface area contributed by atoms with Crippen molar-refractivity contribution in [3.05, 3.63) is 17.5 Å². The zero-order chi connectivity index (χ0) is 12.3. The van der Waals surface area contributed by atoms with Crippen molar-refractivity contribution in [2.24, 2.45) is 0 Å². The molecule has 8 heteroatoms. The average Bonchev–Trinajstić information content (AvgIpc) is 2.19. The number of nitriles is 1. The van der Waals surface area contributed by atoms with E-state index >= 15 is 0 Å². The summed E-state index contributed by atoms with van der Waals surface area (Å²) in [4.78, 5) is 13.9. The van der Waals surface area contributed by atoms with Crippen LogP contribution in [0.1, 0.15) is 16.1 Å². The van der Waals surface area contributed by atoms with Gasteiger partial charge in [0, 0.05) is 0 Å². The quantitative estimate of drug-likeness (QED) is 0.773. The molecule has 5 nitrogen and oxygen atoms in total. The van der Waals surface area contributed by atoms with Crippen LogP contribution in [0, 0.1) is 11.3 Å². The predicted molar refractivity (Wildman–Crippen MR) is 45.4 cm³/mol. The number of nitrogens with zero attached hydrogens (tertiary/aromatic N) is 2. The summed E-state index contributed by atoms with van der Waals surface area (Å²) in [6.45, 7) is 0. The van der Waals surface area contributed by atoms with Crippen LogP contribution in [-0.2, 0) is 0 Å². The Labute approximate surface area is 87.3 Å². The summed E-state index contributed by atoms with van der Waals surface area (Å²) >= 11 is 0. The molecule has 0 unspecified atom stereocenters. The standard InChI is InChI=1S/C8H4F3N3O2/c9-8(10,11)16-7-4(3-15)6(1-12)14-2-5(7)13/h2-3H,13H2. The van der Waals surface area contributed by atoms with Crippen molar-refractivity contribution in [3.63, 3.8) is 0 Å². The van der Waals surface area contributed by atoms with E-state index in [0.29, 0.717) is 0 Å². The number of aromatic nitrogens is 1. The lowest BCUT2D eigenvalue weighted by Crippen LogP contribution is -2.19. The summed E-state index contributed by atoms with van der Waals surface area (Å²) in [5, 5.41) is 8.51. The van der Waals surface area contributed by atoms with Crippen molar-refractivity contribution in [2.75, 3.05) is 5.73 Å². The number of rotatable bonds is 2. The highest BCUT2D eigenvalue weighted by molar-refractivity contribution is 5.85. The molecule has 2 N–H and O–H groups in total. The van der Waals surface area contributed by atoms with Crippen LogP contribution in [0.3, 0.4) is 0 Å². The van der Waals surface area contributed by atoms with E-state index in [0.717, 1.165) is 6.20 Å². The number of hydrogen-bond acceptors (Lipinski definition) is 5. The number of ether oxygens (including phenoxy) is 1. The second kappa shape index (κ2) is 4.06. The normalized spacial score (nSPS) is 10.6. The zero-order valence-corrected chi connectivity index (χ0v) is 7.58. The molecule has 0 aliphatic carbocycles. The molecule has 0 saturated carbocycles. The summed E-state index contributed by atoms with van der Waals surface area (Å²) in [6.07, 6.45) is -4.16. The van der Waals surface area contributed by atoms with Gasteiger partial charge in [-0.3, -0.25) is 4.79 Å². The van der Waals surface area contributed by atoms with Gasteiger partial charge in [-0.15, -0.1) is 13.2 Å². The fraction of sp³-hybridized carbons (Fsp3) is 0.125. The highest BCUT2D eigenvalue weighted by atomic mass is 19.4.